The molecule has 22 heavy (non-hydrogen) atoms. The summed E-state index contributed by atoms with van der Waals surface area (Å²) in [6.45, 7) is 0. The second-order valence-electron chi connectivity index (χ2n) is 5.12. The molecule has 0 saturated heterocycles. The van der Waals surface area contributed by atoms with Gasteiger partial charge in [0.1, 0.15) is 0 Å². The quantitative estimate of drug-likeness (QED) is 0.599. The predicted octanol–water partition coefficient (Wildman–Crippen LogP) is 4.12. The third-order valence-electron chi connectivity index (χ3n) is 3.57. The van der Waals surface area contributed by atoms with E-state index in [-0.39, 0.29) is 7.92 Å². The zero-order chi connectivity index (χ0) is 15.0. The summed E-state index contributed by atoms with van der Waals surface area (Å²) in [6.07, 6.45) is 2.52. The Morgan fingerprint density at radius 2 is 1.05 bits per heavy atom. The highest BCUT2D eigenvalue weighted by atomic mass is 31.1. The topological polar surface area (TPSA) is 0 Å². The average Bonchev–Trinajstić information content (AvgIpc) is 2.61. The maximum Gasteiger partial charge on any atom is -0.0195 e. The Labute approximate surface area is 136 Å². The standard InChI is InChI=1S/C20H20P2/c1-4-10-18(11-5-1)21-16-17-22(19-12-6-2-7-13-19)20-14-8-3-9-15-20/h1-15,21H,16-17H2. The van der Waals surface area contributed by atoms with Gasteiger partial charge in [0.2, 0.25) is 0 Å². The first-order chi connectivity index (χ1) is 10.9. The minimum atomic E-state index is -0.240. The fraction of sp³-hybridized carbons (Fsp3) is 0.100. The molecule has 0 fully saturated rings. The van der Waals surface area contributed by atoms with Gasteiger partial charge in [-0.15, -0.1) is 0 Å². The molecule has 0 amide bonds. The predicted molar refractivity (Wildman–Crippen MR) is 103 cm³/mol. The Bertz CT molecular complexity index is 626. The summed E-state index contributed by atoms with van der Waals surface area (Å²) >= 11 is 0. The summed E-state index contributed by atoms with van der Waals surface area (Å²) in [5.74, 6) is 0. The third-order valence-corrected chi connectivity index (χ3v) is 7.75. The summed E-state index contributed by atoms with van der Waals surface area (Å²) < 4.78 is 0. The lowest BCUT2D eigenvalue weighted by Gasteiger charge is -2.18. The fourth-order valence-electron chi connectivity index (χ4n) is 2.49. The summed E-state index contributed by atoms with van der Waals surface area (Å²) in [6, 6.07) is 32.8. The molecule has 0 aliphatic carbocycles. The van der Waals surface area contributed by atoms with Crippen LogP contribution in [-0.4, -0.2) is 12.3 Å². The van der Waals surface area contributed by atoms with Crippen LogP contribution in [0.5, 0.6) is 0 Å². The van der Waals surface area contributed by atoms with Gasteiger partial charge in [-0.1, -0.05) is 99.6 Å². The van der Waals surface area contributed by atoms with Crippen molar-refractivity contribution in [2.75, 3.05) is 12.3 Å². The van der Waals surface area contributed by atoms with Crippen LogP contribution in [-0.2, 0) is 0 Å². The van der Waals surface area contributed by atoms with Crippen molar-refractivity contribution < 1.29 is 0 Å². The molecule has 1 unspecified atom stereocenters. The number of hydrogen-bond donors (Lipinski definition) is 0. The number of rotatable bonds is 6. The van der Waals surface area contributed by atoms with Crippen molar-refractivity contribution in [3.63, 3.8) is 0 Å². The van der Waals surface area contributed by atoms with Crippen LogP contribution < -0.4 is 15.9 Å². The third kappa shape index (κ3) is 4.26. The van der Waals surface area contributed by atoms with Gasteiger partial charge >= 0.3 is 0 Å². The molecule has 0 saturated carbocycles. The fourth-order valence-corrected chi connectivity index (χ4v) is 6.43. The summed E-state index contributed by atoms with van der Waals surface area (Å²) in [7, 11) is 0.663. The average molecular weight is 322 g/mol. The highest BCUT2D eigenvalue weighted by Gasteiger charge is 2.12. The van der Waals surface area contributed by atoms with E-state index < -0.39 is 0 Å². The van der Waals surface area contributed by atoms with Gasteiger partial charge in [-0.05, 0) is 36.2 Å². The smallest absolute Gasteiger partial charge is 0.0195 e. The molecule has 3 rings (SSSR count). The van der Waals surface area contributed by atoms with Crippen molar-refractivity contribution in [1.82, 2.24) is 0 Å². The molecule has 0 nitrogen and oxygen atoms in total. The molecule has 0 N–H and O–H groups in total. The van der Waals surface area contributed by atoms with Crippen LogP contribution >= 0.6 is 16.5 Å². The molecule has 3 aromatic carbocycles. The summed E-state index contributed by atoms with van der Waals surface area (Å²) in [4.78, 5) is 0. The maximum absolute atomic E-state index is 2.28. The molecule has 0 radical (unpaired) electrons. The van der Waals surface area contributed by atoms with E-state index in [1.807, 2.05) is 0 Å². The van der Waals surface area contributed by atoms with E-state index in [9.17, 15) is 0 Å². The lowest BCUT2D eigenvalue weighted by molar-refractivity contribution is 1.52. The van der Waals surface area contributed by atoms with E-state index in [1.165, 1.54) is 28.2 Å². The van der Waals surface area contributed by atoms with Crippen molar-refractivity contribution >= 4 is 32.4 Å². The van der Waals surface area contributed by atoms with E-state index in [2.05, 4.69) is 91.0 Å². The molecule has 1 atom stereocenters. The van der Waals surface area contributed by atoms with Gasteiger partial charge in [-0.3, -0.25) is 0 Å². The van der Waals surface area contributed by atoms with Gasteiger partial charge in [-0.25, -0.2) is 0 Å². The van der Waals surface area contributed by atoms with Gasteiger partial charge < -0.3 is 0 Å². The molecule has 110 valence electrons. The first-order valence-corrected chi connectivity index (χ1v) is 10.3. The van der Waals surface area contributed by atoms with Crippen molar-refractivity contribution in [1.29, 1.82) is 0 Å². The van der Waals surface area contributed by atoms with Crippen molar-refractivity contribution in [3.05, 3.63) is 91.0 Å². The molecule has 0 aliphatic heterocycles. The number of hydrogen-bond acceptors (Lipinski definition) is 0. The van der Waals surface area contributed by atoms with E-state index >= 15 is 0 Å². The van der Waals surface area contributed by atoms with Crippen LogP contribution in [0.25, 0.3) is 0 Å². The maximum atomic E-state index is 2.28. The lowest BCUT2D eigenvalue weighted by Crippen LogP contribution is -2.15. The molecule has 0 aliphatic rings. The van der Waals surface area contributed by atoms with Gasteiger partial charge in [0, 0.05) is 0 Å². The van der Waals surface area contributed by atoms with Gasteiger partial charge in [-0.2, -0.15) is 0 Å². The zero-order valence-electron chi connectivity index (χ0n) is 12.5. The highest BCUT2D eigenvalue weighted by molar-refractivity contribution is 7.73. The number of benzene rings is 3. The normalized spacial score (nSPS) is 11.3. The zero-order valence-corrected chi connectivity index (χ0v) is 14.4. The van der Waals surface area contributed by atoms with Crippen LogP contribution in [0.2, 0.25) is 0 Å². The largest absolute Gasteiger partial charge is 0.0900 e. The van der Waals surface area contributed by atoms with Gasteiger partial charge in [0.05, 0.1) is 0 Å². The lowest BCUT2D eigenvalue weighted by atomic mass is 10.4. The molecule has 0 aromatic heterocycles. The van der Waals surface area contributed by atoms with Crippen molar-refractivity contribution in [2.24, 2.45) is 0 Å². The van der Waals surface area contributed by atoms with E-state index in [4.69, 9.17) is 0 Å². The molecule has 0 spiro atoms. The van der Waals surface area contributed by atoms with Crippen molar-refractivity contribution in [2.45, 2.75) is 0 Å². The van der Waals surface area contributed by atoms with Crippen LogP contribution in [0, 0.1) is 0 Å². The van der Waals surface area contributed by atoms with E-state index in [1.54, 1.807) is 0 Å². The molecule has 0 bridgehead atoms. The van der Waals surface area contributed by atoms with Crippen LogP contribution in [0.4, 0.5) is 0 Å². The van der Waals surface area contributed by atoms with E-state index in [0.29, 0.717) is 0 Å². The highest BCUT2D eigenvalue weighted by Crippen LogP contribution is 2.34. The summed E-state index contributed by atoms with van der Waals surface area (Å²) in [5, 5.41) is 4.45. The monoisotopic (exact) mass is 322 g/mol. The Morgan fingerprint density at radius 3 is 1.55 bits per heavy atom. The van der Waals surface area contributed by atoms with Crippen LogP contribution in [0.3, 0.4) is 0 Å². The van der Waals surface area contributed by atoms with Crippen LogP contribution in [0.15, 0.2) is 91.0 Å². The van der Waals surface area contributed by atoms with Gasteiger partial charge in [0.15, 0.2) is 0 Å². The second kappa shape index (κ2) is 8.23. The molecular weight excluding hydrogens is 302 g/mol. The minimum Gasteiger partial charge on any atom is -0.0900 e. The molecule has 2 heteroatoms. The summed E-state index contributed by atoms with van der Waals surface area (Å²) in [5.41, 5.74) is 0. The van der Waals surface area contributed by atoms with E-state index in [0.717, 1.165) is 8.58 Å². The first-order valence-electron chi connectivity index (χ1n) is 7.60. The van der Waals surface area contributed by atoms with Gasteiger partial charge in [0.25, 0.3) is 0 Å². The van der Waals surface area contributed by atoms with Crippen LogP contribution in [0.1, 0.15) is 0 Å². The Morgan fingerprint density at radius 1 is 0.591 bits per heavy atom. The Balaban J connectivity index is 1.72. The second-order valence-corrected chi connectivity index (χ2v) is 8.88. The first kappa shape index (κ1) is 15.4. The molecular formula is C20H20P2. The minimum absolute atomic E-state index is 0.240. The molecule has 3 aromatic rings. The van der Waals surface area contributed by atoms with Crippen molar-refractivity contribution in [3.8, 4) is 0 Å². The Hall–Kier alpha value is -1.48. The Kier molecular flexibility index (Phi) is 5.77. The SMILES string of the molecule is c1ccc(PCCP(c2ccccc2)c2ccccc2)cc1. The molecule has 0 heterocycles.